The highest BCUT2D eigenvalue weighted by Crippen LogP contribution is 2.57. The lowest BCUT2D eigenvalue weighted by Gasteiger charge is -2.42. The Morgan fingerprint density at radius 2 is 1.94 bits per heavy atom. The van der Waals surface area contributed by atoms with Crippen LogP contribution in [0, 0.1) is 11.2 Å². The Morgan fingerprint density at radius 1 is 1.23 bits per heavy atom. The van der Waals surface area contributed by atoms with Crippen LogP contribution in [-0.4, -0.2) is 31.5 Å². The second kappa shape index (κ2) is 8.14. The van der Waals surface area contributed by atoms with Crippen molar-refractivity contribution in [2.24, 2.45) is 11.1 Å². The molecule has 0 aliphatic heterocycles. The molecule has 2 aliphatic carbocycles. The minimum atomic E-state index is -1.78. The van der Waals surface area contributed by atoms with Crippen LogP contribution in [0.15, 0.2) is 60.3 Å². The van der Waals surface area contributed by atoms with Crippen LogP contribution < -0.4 is 5.73 Å². The first-order valence-corrected chi connectivity index (χ1v) is 11.9. The van der Waals surface area contributed by atoms with Crippen LogP contribution in [0.3, 0.4) is 0 Å². The molecule has 1 amide bonds. The van der Waals surface area contributed by atoms with Crippen molar-refractivity contribution in [3.05, 3.63) is 88.5 Å². The number of halogens is 1. The van der Waals surface area contributed by atoms with Gasteiger partial charge in [-0.05, 0) is 86.1 Å². The molecule has 182 valence electrons. The topological polar surface area (TPSA) is 101 Å². The molecule has 0 saturated heterocycles. The zero-order valence-corrected chi connectivity index (χ0v) is 20.0. The molecule has 3 aromatic rings. The van der Waals surface area contributed by atoms with Gasteiger partial charge in [-0.15, -0.1) is 0 Å². The van der Waals surface area contributed by atoms with Gasteiger partial charge in [0, 0.05) is 5.41 Å². The number of nitrogens with two attached hydrogens (primary N) is 1. The van der Waals surface area contributed by atoms with E-state index in [4.69, 9.17) is 5.73 Å². The summed E-state index contributed by atoms with van der Waals surface area (Å²) in [5.74, 6) is -1.10. The molecule has 6 nitrogen and oxygen atoms in total. The Bertz CT molecular complexity index is 1330. The number of nitrogens with zero attached hydrogens (tertiary/aromatic N) is 2. The SMILES string of the molecule is CC(O)(C(N)=O)c1ccccc1CCC1(O)CCC2=Cc3c(cnn3-c3ccc(F)cc3)CC21C. The largest absolute Gasteiger partial charge is 0.389 e. The molecule has 1 saturated carbocycles. The minimum Gasteiger partial charge on any atom is -0.389 e. The highest BCUT2D eigenvalue weighted by atomic mass is 19.1. The van der Waals surface area contributed by atoms with Gasteiger partial charge in [0.05, 0.1) is 23.2 Å². The summed E-state index contributed by atoms with van der Waals surface area (Å²) in [4.78, 5) is 11.9. The summed E-state index contributed by atoms with van der Waals surface area (Å²) in [6.45, 7) is 3.51. The fourth-order valence-electron chi connectivity index (χ4n) is 5.81. The van der Waals surface area contributed by atoms with Gasteiger partial charge in [-0.1, -0.05) is 36.8 Å². The molecule has 1 heterocycles. The number of aryl methyl sites for hydroxylation is 1. The average molecular weight is 476 g/mol. The Kier molecular flexibility index (Phi) is 5.45. The molecule has 35 heavy (non-hydrogen) atoms. The van der Waals surface area contributed by atoms with Crippen molar-refractivity contribution in [3.8, 4) is 5.69 Å². The maximum atomic E-state index is 13.4. The fourth-order valence-corrected chi connectivity index (χ4v) is 5.81. The van der Waals surface area contributed by atoms with Gasteiger partial charge in [0.1, 0.15) is 5.82 Å². The van der Waals surface area contributed by atoms with Crippen molar-refractivity contribution in [3.63, 3.8) is 0 Å². The normalized spacial score (nSPS) is 24.9. The van der Waals surface area contributed by atoms with E-state index in [2.05, 4.69) is 18.1 Å². The summed E-state index contributed by atoms with van der Waals surface area (Å²) < 4.78 is 15.2. The number of fused-ring (bicyclic) bond motifs is 2. The highest BCUT2D eigenvalue weighted by Gasteiger charge is 2.54. The summed E-state index contributed by atoms with van der Waals surface area (Å²) in [5, 5.41) is 27.2. The minimum absolute atomic E-state index is 0.291. The lowest BCUT2D eigenvalue weighted by molar-refractivity contribution is -0.135. The predicted molar refractivity (Wildman–Crippen MR) is 131 cm³/mol. The number of aliphatic hydroxyl groups is 2. The van der Waals surface area contributed by atoms with Gasteiger partial charge in [-0.25, -0.2) is 9.07 Å². The van der Waals surface area contributed by atoms with E-state index in [-0.39, 0.29) is 5.82 Å². The number of amides is 1. The van der Waals surface area contributed by atoms with Gasteiger partial charge in [0.15, 0.2) is 5.60 Å². The lowest BCUT2D eigenvalue weighted by Crippen LogP contribution is -2.45. The second-order valence-corrected chi connectivity index (χ2v) is 10.2. The Labute approximate surface area is 203 Å². The average Bonchev–Trinajstić information content (AvgIpc) is 3.34. The van der Waals surface area contributed by atoms with Crippen LogP contribution in [0.2, 0.25) is 0 Å². The summed E-state index contributed by atoms with van der Waals surface area (Å²) >= 11 is 0. The Hall–Kier alpha value is -3.29. The van der Waals surface area contributed by atoms with Crippen LogP contribution in [0.5, 0.6) is 0 Å². The first kappa shape index (κ1) is 23.5. The molecule has 0 spiro atoms. The third-order valence-electron chi connectivity index (χ3n) is 8.19. The summed E-state index contributed by atoms with van der Waals surface area (Å²) in [7, 11) is 0. The first-order chi connectivity index (χ1) is 16.5. The van der Waals surface area contributed by atoms with Gasteiger partial charge in [0.25, 0.3) is 5.91 Å². The monoisotopic (exact) mass is 475 g/mol. The van der Waals surface area contributed by atoms with Gasteiger partial charge >= 0.3 is 0 Å². The number of hydrogen-bond acceptors (Lipinski definition) is 4. The van der Waals surface area contributed by atoms with Crippen molar-refractivity contribution in [1.82, 2.24) is 9.78 Å². The van der Waals surface area contributed by atoms with Crippen molar-refractivity contribution in [2.45, 2.75) is 57.2 Å². The Morgan fingerprint density at radius 3 is 2.66 bits per heavy atom. The number of carbonyl (C=O) groups is 1. The van der Waals surface area contributed by atoms with Crippen LogP contribution in [-0.2, 0) is 23.2 Å². The molecule has 3 atom stereocenters. The van der Waals surface area contributed by atoms with Crippen LogP contribution in [0.4, 0.5) is 4.39 Å². The van der Waals surface area contributed by atoms with Crippen LogP contribution in [0.1, 0.15) is 55.5 Å². The van der Waals surface area contributed by atoms with Crippen molar-refractivity contribution in [2.75, 3.05) is 0 Å². The molecule has 0 radical (unpaired) electrons. The molecule has 2 aliphatic rings. The van der Waals surface area contributed by atoms with Crippen molar-refractivity contribution in [1.29, 1.82) is 0 Å². The highest BCUT2D eigenvalue weighted by molar-refractivity contribution is 5.84. The third kappa shape index (κ3) is 3.70. The summed E-state index contributed by atoms with van der Waals surface area (Å²) in [6, 6.07) is 13.5. The van der Waals surface area contributed by atoms with Gasteiger partial charge in [-0.2, -0.15) is 5.10 Å². The number of hydrogen-bond donors (Lipinski definition) is 3. The van der Waals surface area contributed by atoms with Gasteiger partial charge in [0.2, 0.25) is 0 Å². The first-order valence-electron chi connectivity index (χ1n) is 11.9. The third-order valence-corrected chi connectivity index (χ3v) is 8.19. The number of primary amides is 1. The van der Waals surface area contributed by atoms with E-state index in [9.17, 15) is 19.4 Å². The fraction of sp³-hybridized carbons (Fsp3) is 0.357. The van der Waals surface area contributed by atoms with E-state index in [1.165, 1.54) is 24.6 Å². The predicted octanol–water partition coefficient (Wildman–Crippen LogP) is 3.81. The van der Waals surface area contributed by atoms with Gasteiger partial charge in [-0.3, -0.25) is 4.79 Å². The molecule has 2 aromatic carbocycles. The molecule has 4 N–H and O–H groups in total. The zero-order valence-electron chi connectivity index (χ0n) is 20.0. The number of benzene rings is 2. The van der Waals surface area contributed by atoms with E-state index in [0.29, 0.717) is 31.2 Å². The smallest absolute Gasteiger partial charge is 0.253 e. The molecular weight excluding hydrogens is 445 g/mol. The quantitative estimate of drug-likeness (QED) is 0.505. The van der Waals surface area contributed by atoms with Crippen molar-refractivity contribution >= 4 is 12.0 Å². The molecule has 7 heteroatoms. The van der Waals surface area contributed by atoms with E-state index in [1.54, 1.807) is 24.3 Å². The van der Waals surface area contributed by atoms with Crippen molar-refractivity contribution < 1.29 is 19.4 Å². The summed E-state index contributed by atoms with van der Waals surface area (Å²) in [5.41, 5.74) is 7.50. The summed E-state index contributed by atoms with van der Waals surface area (Å²) in [6.07, 6.45) is 6.97. The maximum Gasteiger partial charge on any atom is 0.253 e. The number of rotatable bonds is 6. The van der Waals surface area contributed by atoms with E-state index in [1.807, 2.05) is 23.0 Å². The zero-order chi connectivity index (χ0) is 25.0. The van der Waals surface area contributed by atoms with Crippen LogP contribution in [0.25, 0.3) is 11.8 Å². The molecule has 5 rings (SSSR count). The standard InChI is InChI=1S/C28H30FN3O3/c1-26-16-19-17-31-32(22-9-7-21(29)8-10-22)24(19)15-20(26)12-14-28(26,35)13-11-18-5-3-4-6-23(18)27(2,34)25(30)33/h3-10,15,17,34-35H,11-14,16H2,1-2H3,(H2,30,33). The lowest BCUT2D eigenvalue weighted by atomic mass is 9.65. The molecule has 3 unspecified atom stereocenters. The maximum absolute atomic E-state index is 13.4. The van der Waals surface area contributed by atoms with E-state index < -0.39 is 22.5 Å². The molecular formula is C28H30FN3O3. The molecule has 0 bridgehead atoms. The number of aromatic nitrogens is 2. The molecule has 1 aromatic heterocycles. The van der Waals surface area contributed by atoms with Gasteiger partial charge < -0.3 is 15.9 Å². The number of carbonyl (C=O) groups excluding carboxylic acids is 1. The second-order valence-electron chi connectivity index (χ2n) is 10.2. The van der Waals surface area contributed by atoms with Crippen LogP contribution >= 0.6 is 0 Å². The Balaban J connectivity index is 1.43. The van der Waals surface area contributed by atoms with E-state index >= 15 is 0 Å². The van der Waals surface area contributed by atoms with E-state index in [0.717, 1.165) is 28.9 Å². The molecule has 1 fully saturated rings.